The molecule has 4 rings (SSSR count). The molecule has 0 aliphatic rings. The van der Waals surface area contributed by atoms with E-state index in [9.17, 15) is 9.59 Å². The van der Waals surface area contributed by atoms with Crippen molar-refractivity contribution in [1.29, 1.82) is 0 Å². The predicted molar refractivity (Wildman–Crippen MR) is 114 cm³/mol. The molecule has 1 amide bonds. The molecule has 7 heteroatoms. The fourth-order valence-electron chi connectivity index (χ4n) is 3.28. The van der Waals surface area contributed by atoms with E-state index in [1.807, 2.05) is 36.4 Å². The lowest BCUT2D eigenvalue weighted by atomic mass is 10.0. The number of ketones is 1. The molecule has 150 valence electrons. The van der Waals surface area contributed by atoms with Crippen molar-refractivity contribution in [1.82, 2.24) is 20.1 Å². The van der Waals surface area contributed by atoms with Crippen molar-refractivity contribution in [3.8, 4) is 28.1 Å². The van der Waals surface area contributed by atoms with Crippen molar-refractivity contribution in [3.05, 3.63) is 66.4 Å². The molecule has 0 fully saturated rings. The third-order valence-corrected chi connectivity index (χ3v) is 4.84. The SMILES string of the molecule is COc1ccccc1-c1[nH]nc2ncc(-c3cccc(C(=O)C(=O)N(C)C)c3)cc12. The van der Waals surface area contributed by atoms with Gasteiger partial charge in [0.25, 0.3) is 5.91 Å². The van der Waals surface area contributed by atoms with Crippen LogP contribution in [-0.4, -0.2) is 53.0 Å². The number of carbonyl (C=O) groups is 2. The lowest BCUT2D eigenvalue weighted by molar-refractivity contribution is -0.124. The van der Waals surface area contributed by atoms with E-state index >= 15 is 0 Å². The number of carbonyl (C=O) groups excluding carboxylic acids is 2. The lowest BCUT2D eigenvalue weighted by Gasteiger charge is -2.10. The maximum absolute atomic E-state index is 12.4. The van der Waals surface area contributed by atoms with E-state index in [-0.39, 0.29) is 0 Å². The second-order valence-electron chi connectivity index (χ2n) is 7.00. The molecule has 0 saturated carbocycles. The minimum atomic E-state index is -0.561. The van der Waals surface area contributed by atoms with Gasteiger partial charge < -0.3 is 9.64 Å². The van der Waals surface area contributed by atoms with E-state index in [0.717, 1.165) is 33.5 Å². The summed E-state index contributed by atoms with van der Waals surface area (Å²) in [5, 5.41) is 8.17. The summed E-state index contributed by atoms with van der Waals surface area (Å²) >= 11 is 0. The standard InChI is InChI=1S/C23H20N4O3/c1-27(2)23(29)21(28)15-8-6-7-14(11-15)16-12-18-20(25-26-22(18)24-13-16)17-9-4-5-10-19(17)30-3/h4-13H,1-3H3,(H,24,25,26). The van der Waals surface area contributed by atoms with Gasteiger partial charge in [-0.3, -0.25) is 14.7 Å². The van der Waals surface area contributed by atoms with Gasteiger partial charge in [-0.15, -0.1) is 0 Å². The Morgan fingerprint density at radius 3 is 2.57 bits per heavy atom. The molecule has 0 saturated heterocycles. The lowest BCUT2D eigenvalue weighted by Crippen LogP contribution is -2.29. The van der Waals surface area contributed by atoms with E-state index in [2.05, 4.69) is 15.2 Å². The first-order valence-corrected chi connectivity index (χ1v) is 9.33. The van der Waals surface area contributed by atoms with E-state index in [4.69, 9.17) is 4.74 Å². The Bertz CT molecular complexity index is 1260. The van der Waals surface area contributed by atoms with Crippen molar-refractivity contribution >= 4 is 22.7 Å². The highest BCUT2D eigenvalue weighted by molar-refractivity contribution is 6.42. The Hall–Kier alpha value is -4.00. The Morgan fingerprint density at radius 1 is 1.00 bits per heavy atom. The summed E-state index contributed by atoms with van der Waals surface area (Å²) < 4.78 is 5.48. The maximum Gasteiger partial charge on any atom is 0.294 e. The number of para-hydroxylation sites is 1. The topological polar surface area (TPSA) is 88.2 Å². The van der Waals surface area contributed by atoms with Crippen LogP contribution < -0.4 is 4.74 Å². The average molecular weight is 400 g/mol. The zero-order valence-electron chi connectivity index (χ0n) is 16.8. The molecule has 0 atom stereocenters. The van der Waals surface area contributed by atoms with Gasteiger partial charge in [-0.2, -0.15) is 5.10 Å². The van der Waals surface area contributed by atoms with Crippen molar-refractivity contribution in [2.45, 2.75) is 0 Å². The average Bonchev–Trinajstić information content (AvgIpc) is 3.21. The number of nitrogens with one attached hydrogen (secondary N) is 1. The summed E-state index contributed by atoms with van der Waals surface area (Å²) in [6.07, 6.45) is 1.70. The number of amides is 1. The number of rotatable bonds is 5. The molecule has 1 N–H and O–H groups in total. The first-order chi connectivity index (χ1) is 14.5. The minimum Gasteiger partial charge on any atom is -0.496 e. The number of nitrogens with zero attached hydrogens (tertiary/aromatic N) is 3. The van der Waals surface area contributed by atoms with Gasteiger partial charge in [0, 0.05) is 42.4 Å². The van der Waals surface area contributed by atoms with Crippen LogP contribution in [0.3, 0.4) is 0 Å². The molecule has 2 aromatic heterocycles. The summed E-state index contributed by atoms with van der Waals surface area (Å²) in [4.78, 5) is 30.2. The van der Waals surface area contributed by atoms with Gasteiger partial charge in [0.15, 0.2) is 5.65 Å². The molecule has 0 unspecified atom stereocenters. The van der Waals surface area contributed by atoms with Gasteiger partial charge in [-0.1, -0.05) is 30.3 Å². The molecule has 0 radical (unpaired) electrons. The number of methoxy groups -OCH3 is 1. The number of hydrogen-bond donors (Lipinski definition) is 1. The molecule has 0 aliphatic carbocycles. The molecule has 4 aromatic rings. The van der Waals surface area contributed by atoms with Crippen LogP contribution in [0.15, 0.2) is 60.8 Å². The van der Waals surface area contributed by atoms with Crippen LogP contribution >= 0.6 is 0 Å². The maximum atomic E-state index is 12.4. The molecule has 0 spiro atoms. The fraction of sp³-hybridized carbons (Fsp3) is 0.130. The van der Waals surface area contributed by atoms with Crippen LogP contribution in [0.1, 0.15) is 10.4 Å². The highest BCUT2D eigenvalue weighted by Crippen LogP contribution is 2.34. The molecular weight excluding hydrogens is 380 g/mol. The molecule has 30 heavy (non-hydrogen) atoms. The van der Waals surface area contributed by atoms with Crippen molar-refractivity contribution in [3.63, 3.8) is 0 Å². The van der Waals surface area contributed by atoms with Gasteiger partial charge in [0.1, 0.15) is 5.75 Å². The molecule has 7 nitrogen and oxygen atoms in total. The highest BCUT2D eigenvalue weighted by atomic mass is 16.5. The largest absolute Gasteiger partial charge is 0.496 e. The van der Waals surface area contributed by atoms with E-state index in [0.29, 0.717) is 11.2 Å². The number of benzene rings is 2. The number of Topliss-reactive ketones (excluding diaryl/α,β-unsaturated/α-hetero) is 1. The third kappa shape index (κ3) is 3.41. The van der Waals surface area contributed by atoms with Gasteiger partial charge in [-0.05, 0) is 29.8 Å². The number of H-pyrrole nitrogens is 1. The second kappa shape index (κ2) is 7.79. The Morgan fingerprint density at radius 2 is 1.80 bits per heavy atom. The smallest absolute Gasteiger partial charge is 0.294 e. The summed E-state index contributed by atoms with van der Waals surface area (Å²) in [6.45, 7) is 0. The zero-order chi connectivity index (χ0) is 21.3. The third-order valence-electron chi connectivity index (χ3n) is 4.84. The Kier molecular flexibility index (Phi) is 5.02. The summed E-state index contributed by atoms with van der Waals surface area (Å²) in [5.41, 5.74) is 4.19. The van der Waals surface area contributed by atoms with E-state index in [1.54, 1.807) is 45.6 Å². The summed E-state index contributed by atoms with van der Waals surface area (Å²) in [7, 11) is 4.74. The minimum absolute atomic E-state index is 0.337. The number of aromatic amines is 1. The first-order valence-electron chi connectivity index (χ1n) is 9.33. The predicted octanol–water partition coefficient (Wildman–Crippen LogP) is 3.57. The number of aromatic nitrogens is 3. The number of pyridine rings is 1. The number of likely N-dealkylation sites (N-methyl/N-ethyl adjacent to an activating group) is 1. The zero-order valence-corrected chi connectivity index (χ0v) is 16.8. The molecular formula is C23H20N4O3. The number of hydrogen-bond acceptors (Lipinski definition) is 5. The first kappa shape index (κ1) is 19.3. The molecule has 0 bridgehead atoms. The van der Waals surface area contributed by atoms with Gasteiger partial charge in [0.05, 0.1) is 12.8 Å². The van der Waals surface area contributed by atoms with Gasteiger partial charge in [-0.25, -0.2) is 4.98 Å². The Balaban J connectivity index is 1.79. The monoisotopic (exact) mass is 400 g/mol. The normalized spacial score (nSPS) is 10.8. The molecule has 2 heterocycles. The quantitative estimate of drug-likeness (QED) is 0.409. The van der Waals surface area contributed by atoms with Crippen LogP contribution in [-0.2, 0) is 4.79 Å². The van der Waals surface area contributed by atoms with E-state index in [1.165, 1.54) is 4.90 Å². The fourth-order valence-corrected chi connectivity index (χ4v) is 3.28. The number of fused-ring (bicyclic) bond motifs is 1. The van der Waals surface area contributed by atoms with Crippen LogP contribution in [0, 0.1) is 0 Å². The number of ether oxygens (including phenoxy) is 1. The van der Waals surface area contributed by atoms with Gasteiger partial charge >= 0.3 is 0 Å². The van der Waals surface area contributed by atoms with Gasteiger partial charge in [0.2, 0.25) is 5.78 Å². The summed E-state index contributed by atoms with van der Waals surface area (Å²) in [5.74, 6) is -0.383. The van der Waals surface area contributed by atoms with E-state index < -0.39 is 11.7 Å². The van der Waals surface area contributed by atoms with Crippen LogP contribution in [0.2, 0.25) is 0 Å². The Labute approximate surface area is 173 Å². The second-order valence-corrected chi connectivity index (χ2v) is 7.00. The summed E-state index contributed by atoms with van der Waals surface area (Å²) in [6, 6.07) is 16.6. The molecule has 2 aromatic carbocycles. The van der Waals surface area contributed by atoms with Crippen LogP contribution in [0.25, 0.3) is 33.4 Å². The van der Waals surface area contributed by atoms with Crippen molar-refractivity contribution < 1.29 is 14.3 Å². The molecule has 0 aliphatic heterocycles. The van der Waals surface area contributed by atoms with Crippen LogP contribution in [0.5, 0.6) is 5.75 Å². The van der Waals surface area contributed by atoms with Crippen molar-refractivity contribution in [2.75, 3.05) is 21.2 Å². The highest BCUT2D eigenvalue weighted by Gasteiger charge is 2.19. The van der Waals surface area contributed by atoms with Crippen LogP contribution in [0.4, 0.5) is 0 Å². The van der Waals surface area contributed by atoms with Crippen molar-refractivity contribution in [2.24, 2.45) is 0 Å².